The lowest BCUT2D eigenvalue weighted by molar-refractivity contribution is 0.0698. The topological polar surface area (TPSA) is 101 Å². The lowest BCUT2D eigenvalue weighted by atomic mass is 10.1. The van der Waals surface area contributed by atoms with Gasteiger partial charge >= 0.3 is 0 Å². The molecule has 0 fully saturated rings. The van der Waals surface area contributed by atoms with Crippen LogP contribution in [0.25, 0.3) is 0 Å². The van der Waals surface area contributed by atoms with Crippen LogP contribution in [0.4, 0.5) is 0 Å². The van der Waals surface area contributed by atoms with E-state index in [1.165, 1.54) is 0 Å². The Bertz CT molecular complexity index is 721. The molecule has 168 valence electrons. The van der Waals surface area contributed by atoms with Crippen LogP contribution in [0.1, 0.15) is 32.8 Å². The van der Waals surface area contributed by atoms with E-state index in [2.05, 4.69) is 20.3 Å². The van der Waals surface area contributed by atoms with Crippen molar-refractivity contribution in [1.82, 2.24) is 15.4 Å². The molecule has 10 heteroatoms. The van der Waals surface area contributed by atoms with Gasteiger partial charge in [0.25, 0.3) is 0 Å². The number of nitrogens with one attached hydrogen (secondary N) is 3. The fourth-order valence-electron chi connectivity index (χ4n) is 2.40. The van der Waals surface area contributed by atoms with Crippen molar-refractivity contribution < 1.29 is 17.9 Å². The molecule has 0 heterocycles. The van der Waals surface area contributed by atoms with Crippen LogP contribution < -0.4 is 15.4 Å². The summed E-state index contributed by atoms with van der Waals surface area (Å²) in [6, 6.07) is 6.94. The van der Waals surface area contributed by atoms with E-state index in [9.17, 15) is 8.42 Å². The molecule has 0 saturated carbocycles. The highest BCUT2D eigenvalue weighted by Gasteiger charge is 2.24. The summed E-state index contributed by atoms with van der Waals surface area (Å²) in [5.41, 5.74) is 0.118. The van der Waals surface area contributed by atoms with Gasteiger partial charge in [0.1, 0.15) is 0 Å². The summed E-state index contributed by atoms with van der Waals surface area (Å²) < 4.78 is 38.4. The van der Waals surface area contributed by atoms with Gasteiger partial charge in [-0.15, -0.1) is 24.0 Å². The third-order valence-electron chi connectivity index (χ3n) is 3.56. The van der Waals surface area contributed by atoms with E-state index in [4.69, 9.17) is 9.47 Å². The summed E-state index contributed by atoms with van der Waals surface area (Å²) in [4.78, 5) is 4.43. The van der Waals surface area contributed by atoms with E-state index in [-0.39, 0.29) is 28.9 Å². The number of nitrogens with zero attached hydrogens (tertiary/aromatic N) is 1. The number of aliphatic imine (C=N–C) groups is 1. The number of ether oxygens (including phenoxy) is 2. The van der Waals surface area contributed by atoms with Crippen molar-refractivity contribution in [3.63, 3.8) is 0 Å². The Morgan fingerprint density at radius 3 is 2.41 bits per heavy atom. The van der Waals surface area contributed by atoms with E-state index >= 15 is 0 Å². The molecule has 0 atom stereocenters. The largest absolute Gasteiger partial charge is 0.382 e. The maximum absolute atomic E-state index is 12.7. The van der Waals surface area contributed by atoms with Gasteiger partial charge < -0.3 is 20.1 Å². The fourth-order valence-corrected chi connectivity index (χ4v) is 4.05. The van der Waals surface area contributed by atoms with Gasteiger partial charge in [0.05, 0.1) is 18.1 Å². The molecule has 0 aromatic heterocycles. The summed E-state index contributed by atoms with van der Waals surface area (Å²) in [6.07, 6.45) is 0.824. The van der Waals surface area contributed by atoms with Gasteiger partial charge in [-0.05, 0) is 38.8 Å². The van der Waals surface area contributed by atoms with Crippen LogP contribution in [0, 0.1) is 0 Å². The monoisotopic (exact) mass is 542 g/mol. The molecule has 0 spiro atoms. The molecular formula is C19H35IN4O4S. The van der Waals surface area contributed by atoms with E-state index in [1.54, 1.807) is 32.4 Å². The Morgan fingerprint density at radius 2 is 1.79 bits per heavy atom. The first kappa shape index (κ1) is 28.1. The van der Waals surface area contributed by atoms with Crippen LogP contribution in [-0.2, 0) is 26.0 Å². The lowest BCUT2D eigenvalue weighted by Crippen LogP contribution is -2.41. The average Bonchev–Trinajstić information content (AvgIpc) is 2.61. The van der Waals surface area contributed by atoms with Crippen molar-refractivity contribution in [2.45, 2.75) is 44.2 Å². The highest BCUT2D eigenvalue weighted by molar-refractivity contribution is 14.0. The maximum Gasteiger partial charge on any atom is 0.241 e. The SMILES string of the molecule is CN=C(NCCCOCCOC)NCc1ccccc1S(=O)(=O)NC(C)(C)C.I. The predicted molar refractivity (Wildman–Crippen MR) is 127 cm³/mol. The molecule has 0 aliphatic rings. The number of methoxy groups -OCH3 is 1. The van der Waals surface area contributed by atoms with Crippen LogP contribution in [0.15, 0.2) is 34.2 Å². The summed E-state index contributed by atoms with van der Waals surface area (Å²) in [5.74, 6) is 0.605. The Hall–Kier alpha value is -0.950. The summed E-state index contributed by atoms with van der Waals surface area (Å²) in [7, 11) is -0.295. The number of hydrogen-bond donors (Lipinski definition) is 3. The van der Waals surface area contributed by atoms with Gasteiger partial charge in [-0.3, -0.25) is 4.99 Å². The van der Waals surface area contributed by atoms with Gasteiger partial charge in [0.2, 0.25) is 10.0 Å². The Kier molecular flexibility index (Phi) is 13.7. The first-order valence-corrected chi connectivity index (χ1v) is 10.8. The second kappa shape index (κ2) is 14.1. The van der Waals surface area contributed by atoms with Crippen molar-refractivity contribution in [3.8, 4) is 0 Å². The first-order chi connectivity index (χ1) is 13.2. The minimum atomic E-state index is -3.61. The predicted octanol–water partition coefficient (Wildman–Crippen LogP) is 2.10. The number of guanidine groups is 1. The normalized spacial score (nSPS) is 12.4. The molecule has 0 amide bonds. The van der Waals surface area contributed by atoms with E-state index in [0.29, 0.717) is 44.4 Å². The molecule has 1 aromatic rings. The summed E-state index contributed by atoms with van der Waals surface area (Å²) >= 11 is 0. The number of benzene rings is 1. The molecule has 29 heavy (non-hydrogen) atoms. The van der Waals surface area contributed by atoms with Gasteiger partial charge in [-0.1, -0.05) is 18.2 Å². The van der Waals surface area contributed by atoms with Crippen LogP contribution in [-0.4, -0.2) is 60.4 Å². The van der Waals surface area contributed by atoms with Gasteiger partial charge in [-0.2, -0.15) is 0 Å². The summed E-state index contributed by atoms with van der Waals surface area (Å²) in [6.45, 7) is 8.28. The van der Waals surface area contributed by atoms with Crippen LogP contribution in [0.3, 0.4) is 0 Å². The van der Waals surface area contributed by atoms with E-state index in [1.807, 2.05) is 26.8 Å². The Morgan fingerprint density at radius 1 is 1.10 bits per heavy atom. The zero-order chi connectivity index (χ0) is 21.0. The van der Waals surface area contributed by atoms with Gasteiger partial charge in [0.15, 0.2) is 5.96 Å². The number of halogens is 1. The molecule has 8 nitrogen and oxygen atoms in total. The number of sulfonamides is 1. The zero-order valence-electron chi connectivity index (χ0n) is 17.9. The van der Waals surface area contributed by atoms with Crippen molar-refractivity contribution in [1.29, 1.82) is 0 Å². The lowest BCUT2D eigenvalue weighted by Gasteiger charge is -2.22. The Labute approximate surface area is 192 Å². The quantitative estimate of drug-likeness (QED) is 0.172. The van der Waals surface area contributed by atoms with Gasteiger partial charge in [0, 0.05) is 39.4 Å². The van der Waals surface area contributed by atoms with Crippen LogP contribution in [0.5, 0.6) is 0 Å². The Balaban J connectivity index is 0.00000784. The zero-order valence-corrected chi connectivity index (χ0v) is 21.1. The first-order valence-electron chi connectivity index (χ1n) is 9.32. The number of hydrogen-bond acceptors (Lipinski definition) is 5. The number of rotatable bonds is 11. The molecule has 0 radical (unpaired) electrons. The average molecular weight is 542 g/mol. The fraction of sp³-hybridized carbons (Fsp3) is 0.632. The van der Waals surface area contributed by atoms with Crippen molar-refractivity contribution in [3.05, 3.63) is 29.8 Å². The molecule has 1 rings (SSSR count). The molecular weight excluding hydrogens is 507 g/mol. The van der Waals surface area contributed by atoms with Gasteiger partial charge in [-0.25, -0.2) is 13.1 Å². The molecule has 0 aliphatic heterocycles. The molecule has 0 saturated heterocycles. The molecule has 0 bridgehead atoms. The van der Waals surface area contributed by atoms with Crippen LogP contribution >= 0.6 is 24.0 Å². The highest BCUT2D eigenvalue weighted by Crippen LogP contribution is 2.17. The maximum atomic E-state index is 12.7. The van der Waals surface area contributed by atoms with E-state index in [0.717, 1.165) is 6.42 Å². The van der Waals surface area contributed by atoms with Crippen molar-refractivity contribution in [2.24, 2.45) is 4.99 Å². The molecule has 0 aliphatic carbocycles. The second-order valence-electron chi connectivity index (χ2n) is 7.27. The molecule has 3 N–H and O–H groups in total. The molecule has 1 aromatic carbocycles. The third kappa shape index (κ3) is 11.7. The minimum Gasteiger partial charge on any atom is -0.382 e. The standard InChI is InChI=1S/C19H34N4O4S.HI/c1-19(2,3)23-28(24,25)17-10-7-6-9-16(17)15-22-18(20-4)21-11-8-12-27-14-13-26-5;/h6-7,9-10,23H,8,11-15H2,1-5H3,(H2,20,21,22);1H. The highest BCUT2D eigenvalue weighted by atomic mass is 127. The van der Waals surface area contributed by atoms with Crippen molar-refractivity contribution in [2.75, 3.05) is 40.5 Å². The third-order valence-corrected chi connectivity index (χ3v) is 5.42. The van der Waals surface area contributed by atoms with Crippen LogP contribution in [0.2, 0.25) is 0 Å². The molecule has 0 unspecified atom stereocenters. The second-order valence-corrected chi connectivity index (χ2v) is 8.93. The minimum absolute atomic E-state index is 0. The van der Waals surface area contributed by atoms with E-state index < -0.39 is 15.6 Å². The van der Waals surface area contributed by atoms with Crippen molar-refractivity contribution >= 4 is 40.0 Å². The summed E-state index contributed by atoms with van der Waals surface area (Å²) in [5, 5.41) is 6.35. The smallest absolute Gasteiger partial charge is 0.241 e.